The fraction of sp³-hybridized carbons (Fsp3) is 0.480. The number of fused-ring (bicyclic) bond motifs is 1. The maximum atomic E-state index is 12.4. The minimum absolute atomic E-state index is 0.109. The Balaban J connectivity index is 1.44. The van der Waals surface area contributed by atoms with Crippen LogP contribution in [0.4, 0.5) is 0 Å². The molecular formula is C25H32N2O4. The second-order valence-corrected chi connectivity index (χ2v) is 8.61. The minimum atomic E-state index is -0.896. The number of rotatable bonds is 7. The van der Waals surface area contributed by atoms with Gasteiger partial charge in [0.05, 0.1) is 6.42 Å². The van der Waals surface area contributed by atoms with Crippen molar-refractivity contribution in [2.45, 2.75) is 58.6 Å². The van der Waals surface area contributed by atoms with Crippen LogP contribution in [0, 0.1) is 11.8 Å². The van der Waals surface area contributed by atoms with Crippen LogP contribution in [0.1, 0.15) is 45.6 Å². The number of esters is 1. The smallest absolute Gasteiger partial charge is 0.326 e. The van der Waals surface area contributed by atoms with E-state index in [0.29, 0.717) is 11.8 Å². The summed E-state index contributed by atoms with van der Waals surface area (Å²) in [5.41, 5.74) is 0.896. The number of ether oxygens (including phenoxy) is 1. The van der Waals surface area contributed by atoms with E-state index in [2.05, 4.69) is 24.5 Å². The van der Waals surface area contributed by atoms with Crippen LogP contribution in [0.15, 0.2) is 42.5 Å². The molecule has 0 bridgehead atoms. The van der Waals surface area contributed by atoms with Crippen LogP contribution in [-0.4, -0.2) is 36.5 Å². The molecule has 2 amide bonds. The molecule has 2 aromatic carbocycles. The number of hydrogen-bond acceptors (Lipinski definition) is 4. The lowest BCUT2D eigenvalue weighted by Gasteiger charge is -2.35. The van der Waals surface area contributed by atoms with E-state index in [1.54, 1.807) is 6.92 Å². The quantitative estimate of drug-likeness (QED) is 0.668. The summed E-state index contributed by atoms with van der Waals surface area (Å²) in [6.07, 6.45) is 2.49. The Morgan fingerprint density at radius 1 is 1.06 bits per heavy atom. The van der Waals surface area contributed by atoms with Crippen LogP contribution in [0.3, 0.4) is 0 Å². The summed E-state index contributed by atoms with van der Waals surface area (Å²) in [6, 6.07) is 13.8. The van der Waals surface area contributed by atoms with E-state index in [4.69, 9.17) is 4.74 Å². The van der Waals surface area contributed by atoms with E-state index < -0.39 is 12.1 Å². The third-order valence-electron chi connectivity index (χ3n) is 6.37. The van der Waals surface area contributed by atoms with Crippen molar-refractivity contribution < 1.29 is 19.1 Å². The van der Waals surface area contributed by atoms with Crippen molar-refractivity contribution in [1.29, 1.82) is 0 Å². The summed E-state index contributed by atoms with van der Waals surface area (Å²) in [4.78, 5) is 36.9. The predicted octanol–water partition coefficient (Wildman–Crippen LogP) is 3.37. The first-order valence-corrected chi connectivity index (χ1v) is 11.1. The largest absolute Gasteiger partial charge is 0.451 e. The van der Waals surface area contributed by atoms with E-state index >= 15 is 0 Å². The third kappa shape index (κ3) is 6.06. The highest BCUT2D eigenvalue weighted by atomic mass is 16.5. The number of nitrogens with one attached hydrogen (secondary N) is 2. The van der Waals surface area contributed by atoms with Gasteiger partial charge in [0.15, 0.2) is 6.10 Å². The van der Waals surface area contributed by atoms with E-state index in [9.17, 15) is 14.4 Å². The Kier molecular flexibility index (Phi) is 7.66. The Morgan fingerprint density at radius 2 is 1.81 bits per heavy atom. The van der Waals surface area contributed by atoms with Crippen molar-refractivity contribution in [3.63, 3.8) is 0 Å². The van der Waals surface area contributed by atoms with E-state index in [1.165, 1.54) is 6.42 Å². The maximum absolute atomic E-state index is 12.4. The standard InChI is InChI=1S/C25H32N2O4/c1-16-8-6-13-22(17(16)2)27-25(30)18(3)31-24(29)15-26-23(28)14-20-11-7-10-19-9-4-5-12-21(19)20/h4-5,7,9-12,16-18,22H,6,8,13-15H2,1-3H3,(H,26,28)(H,27,30)/t16-,17+,18+,22-/m0/s1. The van der Waals surface area contributed by atoms with Crippen molar-refractivity contribution >= 4 is 28.6 Å². The lowest BCUT2D eigenvalue weighted by molar-refractivity contribution is -0.154. The molecule has 6 heteroatoms. The van der Waals surface area contributed by atoms with Crippen LogP contribution in [-0.2, 0) is 25.5 Å². The predicted molar refractivity (Wildman–Crippen MR) is 120 cm³/mol. The maximum Gasteiger partial charge on any atom is 0.326 e. The van der Waals surface area contributed by atoms with Gasteiger partial charge in [0.2, 0.25) is 5.91 Å². The fourth-order valence-electron chi connectivity index (χ4n) is 4.23. The average molecular weight is 425 g/mol. The van der Waals surface area contributed by atoms with E-state index in [-0.39, 0.29) is 30.8 Å². The molecule has 1 aliphatic rings. The van der Waals surface area contributed by atoms with Crippen LogP contribution < -0.4 is 10.6 Å². The number of carbonyl (C=O) groups excluding carboxylic acids is 3. The van der Waals surface area contributed by atoms with Gasteiger partial charge in [-0.05, 0) is 41.5 Å². The molecule has 0 aliphatic heterocycles. The molecule has 4 atom stereocenters. The van der Waals surface area contributed by atoms with Crippen molar-refractivity contribution in [3.05, 3.63) is 48.0 Å². The molecule has 3 rings (SSSR count). The van der Waals surface area contributed by atoms with Gasteiger partial charge in [0.1, 0.15) is 6.54 Å². The van der Waals surface area contributed by atoms with Crippen LogP contribution in [0.2, 0.25) is 0 Å². The summed E-state index contributed by atoms with van der Waals surface area (Å²) < 4.78 is 5.22. The number of amides is 2. The Hall–Kier alpha value is -2.89. The minimum Gasteiger partial charge on any atom is -0.451 e. The van der Waals surface area contributed by atoms with Gasteiger partial charge >= 0.3 is 5.97 Å². The van der Waals surface area contributed by atoms with Crippen molar-refractivity contribution in [1.82, 2.24) is 10.6 Å². The number of benzene rings is 2. The lowest BCUT2D eigenvalue weighted by atomic mass is 9.78. The molecule has 0 spiro atoms. The fourth-order valence-corrected chi connectivity index (χ4v) is 4.23. The summed E-state index contributed by atoms with van der Waals surface area (Å²) in [5.74, 6) is -0.224. The normalized spacial score (nSPS) is 21.8. The van der Waals surface area contributed by atoms with Crippen molar-refractivity contribution in [2.24, 2.45) is 11.8 Å². The first kappa shape index (κ1) is 22.8. The zero-order valence-corrected chi connectivity index (χ0v) is 18.5. The third-order valence-corrected chi connectivity index (χ3v) is 6.37. The summed E-state index contributed by atoms with van der Waals surface area (Å²) in [5, 5.41) is 7.68. The SMILES string of the molecule is C[C@H]1[C@@H](NC(=O)[C@@H](C)OC(=O)CNC(=O)Cc2cccc3ccccc23)CCC[C@@H]1C. The second kappa shape index (κ2) is 10.4. The molecule has 2 N–H and O–H groups in total. The first-order valence-electron chi connectivity index (χ1n) is 11.1. The Labute approximate surface area is 183 Å². The van der Waals surface area contributed by atoms with Gasteiger partial charge < -0.3 is 15.4 Å². The molecule has 31 heavy (non-hydrogen) atoms. The highest BCUT2D eigenvalue weighted by molar-refractivity contribution is 5.91. The van der Waals surface area contributed by atoms with Crippen molar-refractivity contribution in [2.75, 3.05) is 6.54 Å². The monoisotopic (exact) mass is 424 g/mol. The molecular weight excluding hydrogens is 392 g/mol. The Morgan fingerprint density at radius 3 is 2.61 bits per heavy atom. The molecule has 1 aliphatic carbocycles. The highest BCUT2D eigenvalue weighted by Gasteiger charge is 2.30. The first-order chi connectivity index (χ1) is 14.8. The van der Waals surface area contributed by atoms with Crippen LogP contribution >= 0.6 is 0 Å². The van der Waals surface area contributed by atoms with Crippen LogP contribution in [0.25, 0.3) is 10.8 Å². The average Bonchev–Trinajstić information content (AvgIpc) is 2.75. The second-order valence-electron chi connectivity index (χ2n) is 8.61. The van der Waals surface area contributed by atoms with Gasteiger partial charge in [-0.2, -0.15) is 0 Å². The number of carbonyl (C=O) groups is 3. The molecule has 6 nitrogen and oxygen atoms in total. The molecule has 0 aromatic heterocycles. The Bertz CT molecular complexity index is 937. The van der Waals surface area contributed by atoms with Gasteiger partial charge in [-0.15, -0.1) is 0 Å². The molecule has 166 valence electrons. The van der Waals surface area contributed by atoms with Crippen molar-refractivity contribution in [3.8, 4) is 0 Å². The van der Waals surface area contributed by atoms with Crippen LogP contribution in [0.5, 0.6) is 0 Å². The zero-order chi connectivity index (χ0) is 22.4. The summed E-state index contributed by atoms with van der Waals surface area (Å²) in [7, 11) is 0. The topological polar surface area (TPSA) is 84.5 Å². The zero-order valence-electron chi connectivity index (χ0n) is 18.5. The van der Waals surface area contributed by atoms with Gasteiger partial charge in [-0.1, -0.05) is 69.2 Å². The molecule has 0 heterocycles. The van der Waals surface area contributed by atoms with E-state index in [0.717, 1.165) is 29.2 Å². The molecule has 0 unspecified atom stereocenters. The summed E-state index contributed by atoms with van der Waals surface area (Å²) in [6.45, 7) is 5.64. The lowest BCUT2D eigenvalue weighted by Crippen LogP contribution is -2.48. The highest BCUT2D eigenvalue weighted by Crippen LogP contribution is 2.29. The molecule has 0 radical (unpaired) electrons. The van der Waals surface area contributed by atoms with Gasteiger partial charge in [-0.3, -0.25) is 14.4 Å². The van der Waals surface area contributed by atoms with Gasteiger partial charge in [-0.25, -0.2) is 0 Å². The molecule has 2 aromatic rings. The molecule has 0 saturated heterocycles. The number of hydrogen-bond donors (Lipinski definition) is 2. The molecule has 1 fully saturated rings. The van der Waals surface area contributed by atoms with Gasteiger partial charge in [0.25, 0.3) is 5.91 Å². The molecule has 1 saturated carbocycles. The summed E-state index contributed by atoms with van der Waals surface area (Å²) >= 11 is 0. The van der Waals surface area contributed by atoms with E-state index in [1.807, 2.05) is 42.5 Å². The van der Waals surface area contributed by atoms with Gasteiger partial charge in [0, 0.05) is 6.04 Å².